The van der Waals surface area contributed by atoms with Gasteiger partial charge in [0.15, 0.2) is 0 Å². The molecule has 2 rings (SSSR count). The Labute approximate surface area is 110 Å². The molecule has 0 bridgehead atoms. The summed E-state index contributed by atoms with van der Waals surface area (Å²) in [6.45, 7) is 2.99. The van der Waals surface area contributed by atoms with E-state index in [-0.39, 0.29) is 6.04 Å². The quantitative estimate of drug-likeness (QED) is 0.904. The van der Waals surface area contributed by atoms with Gasteiger partial charge in [0.05, 0.1) is 11.2 Å². The second kappa shape index (κ2) is 5.67. The van der Waals surface area contributed by atoms with Gasteiger partial charge in [-0.15, -0.1) is 11.3 Å². The molecule has 2 heterocycles. The number of halogens is 1. The van der Waals surface area contributed by atoms with E-state index in [4.69, 9.17) is 11.6 Å². The highest BCUT2D eigenvalue weighted by Gasteiger charge is 2.15. The van der Waals surface area contributed by atoms with Crippen molar-refractivity contribution in [2.24, 2.45) is 0 Å². The fourth-order valence-corrected chi connectivity index (χ4v) is 3.10. The van der Waals surface area contributed by atoms with Crippen molar-refractivity contribution < 1.29 is 0 Å². The number of hydrogen-bond acceptors (Lipinski definition) is 3. The highest BCUT2D eigenvalue weighted by Crippen LogP contribution is 2.30. The molecule has 0 spiro atoms. The molecule has 1 unspecified atom stereocenters. The maximum absolute atomic E-state index is 6.16. The second-order valence-electron chi connectivity index (χ2n) is 3.88. The molecular weight excluding hydrogens is 254 g/mol. The molecule has 3 nitrogen and oxygen atoms in total. The molecule has 0 aromatic carbocycles. The van der Waals surface area contributed by atoms with E-state index in [1.165, 1.54) is 10.4 Å². The predicted molar refractivity (Wildman–Crippen MR) is 72.7 cm³/mol. The van der Waals surface area contributed by atoms with Gasteiger partial charge in [0.25, 0.3) is 0 Å². The zero-order valence-electron chi connectivity index (χ0n) is 9.98. The third-order valence-electron chi connectivity index (χ3n) is 2.76. The Hall–Kier alpha value is -0.840. The minimum atomic E-state index is 0.261. The maximum atomic E-state index is 6.16. The average molecular weight is 270 g/mol. The summed E-state index contributed by atoms with van der Waals surface area (Å²) in [5.74, 6) is 0. The van der Waals surface area contributed by atoms with Gasteiger partial charge >= 0.3 is 0 Å². The lowest BCUT2D eigenvalue weighted by Gasteiger charge is -2.14. The van der Waals surface area contributed by atoms with Gasteiger partial charge in [0, 0.05) is 23.7 Å². The number of rotatable bonds is 5. The Morgan fingerprint density at radius 2 is 2.41 bits per heavy atom. The van der Waals surface area contributed by atoms with Gasteiger partial charge in [-0.05, 0) is 37.4 Å². The topological polar surface area (TPSA) is 29.9 Å². The molecule has 2 aromatic heterocycles. The van der Waals surface area contributed by atoms with Crippen molar-refractivity contribution in [1.82, 2.24) is 15.1 Å². The molecule has 92 valence electrons. The van der Waals surface area contributed by atoms with Gasteiger partial charge in [-0.25, -0.2) is 0 Å². The molecular formula is C12H16ClN3S. The van der Waals surface area contributed by atoms with Crippen LogP contribution >= 0.6 is 22.9 Å². The van der Waals surface area contributed by atoms with Crippen molar-refractivity contribution in [3.8, 4) is 0 Å². The first-order valence-corrected chi connectivity index (χ1v) is 6.91. The van der Waals surface area contributed by atoms with E-state index in [1.54, 1.807) is 11.3 Å². The number of thiophene rings is 1. The van der Waals surface area contributed by atoms with Crippen LogP contribution in [0, 0.1) is 0 Å². The normalized spacial score (nSPS) is 12.9. The minimum absolute atomic E-state index is 0.261. The van der Waals surface area contributed by atoms with Crippen LogP contribution in [0.4, 0.5) is 0 Å². The van der Waals surface area contributed by atoms with Crippen LogP contribution in [0.25, 0.3) is 0 Å². The van der Waals surface area contributed by atoms with Crippen LogP contribution in [-0.2, 0) is 13.0 Å². The van der Waals surface area contributed by atoms with E-state index in [1.807, 2.05) is 29.4 Å². The van der Waals surface area contributed by atoms with Crippen molar-refractivity contribution in [1.29, 1.82) is 0 Å². The van der Waals surface area contributed by atoms with Crippen molar-refractivity contribution in [2.75, 3.05) is 7.05 Å². The lowest BCUT2D eigenvalue weighted by atomic mass is 10.1. The monoisotopic (exact) mass is 269 g/mol. The summed E-state index contributed by atoms with van der Waals surface area (Å²) in [4.78, 5) is 1.19. The van der Waals surface area contributed by atoms with E-state index < -0.39 is 0 Å². The summed E-state index contributed by atoms with van der Waals surface area (Å²) < 4.78 is 1.94. The van der Waals surface area contributed by atoms with Crippen molar-refractivity contribution in [3.05, 3.63) is 39.3 Å². The van der Waals surface area contributed by atoms with Gasteiger partial charge in [0.1, 0.15) is 0 Å². The molecule has 0 radical (unpaired) electrons. The summed E-state index contributed by atoms with van der Waals surface area (Å²) in [5.41, 5.74) is 1.23. The van der Waals surface area contributed by atoms with Crippen LogP contribution in [0.15, 0.2) is 23.8 Å². The van der Waals surface area contributed by atoms with Crippen LogP contribution in [0.2, 0.25) is 5.02 Å². The summed E-state index contributed by atoms with van der Waals surface area (Å²) in [6, 6.07) is 2.21. The molecule has 0 aliphatic rings. The molecule has 0 aliphatic heterocycles. The summed E-state index contributed by atoms with van der Waals surface area (Å²) >= 11 is 7.85. The van der Waals surface area contributed by atoms with Gasteiger partial charge in [-0.3, -0.25) is 4.68 Å². The molecule has 1 N–H and O–H groups in total. The first kappa shape index (κ1) is 12.6. The fraction of sp³-hybridized carbons (Fsp3) is 0.417. The minimum Gasteiger partial charge on any atom is -0.312 e. The predicted octanol–water partition coefficient (Wildman–Crippen LogP) is 3.12. The van der Waals surface area contributed by atoms with E-state index >= 15 is 0 Å². The number of nitrogens with zero attached hydrogens (tertiary/aromatic N) is 2. The van der Waals surface area contributed by atoms with Gasteiger partial charge in [0.2, 0.25) is 0 Å². The van der Waals surface area contributed by atoms with Crippen LogP contribution < -0.4 is 5.32 Å². The Balaban J connectivity index is 2.12. The number of likely N-dealkylation sites (N-methyl/N-ethyl adjacent to an activating group) is 1. The number of aryl methyl sites for hydroxylation is 1. The zero-order valence-corrected chi connectivity index (χ0v) is 11.6. The van der Waals surface area contributed by atoms with E-state index in [9.17, 15) is 0 Å². The van der Waals surface area contributed by atoms with Crippen LogP contribution in [-0.4, -0.2) is 16.8 Å². The number of hydrogen-bond donors (Lipinski definition) is 1. The third kappa shape index (κ3) is 2.89. The number of nitrogens with one attached hydrogen (secondary N) is 1. The highest BCUT2D eigenvalue weighted by molar-refractivity contribution is 7.10. The first-order valence-electron chi connectivity index (χ1n) is 5.66. The van der Waals surface area contributed by atoms with Crippen molar-refractivity contribution in [3.63, 3.8) is 0 Å². The number of aromatic nitrogens is 2. The molecule has 0 fully saturated rings. The Kier molecular flexibility index (Phi) is 4.20. The Morgan fingerprint density at radius 3 is 2.94 bits per heavy atom. The molecule has 17 heavy (non-hydrogen) atoms. The second-order valence-corrected chi connectivity index (χ2v) is 5.24. The summed E-state index contributed by atoms with van der Waals surface area (Å²) in [7, 11) is 1.96. The van der Waals surface area contributed by atoms with Crippen LogP contribution in [0.5, 0.6) is 0 Å². The molecule has 5 heteroatoms. The van der Waals surface area contributed by atoms with E-state index in [2.05, 4.69) is 23.5 Å². The van der Waals surface area contributed by atoms with Gasteiger partial charge < -0.3 is 5.32 Å². The van der Waals surface area contributed by atoms with Gasteiger partial charge in [-0.1, -0.05) is 11.6 Å². The SMILES string of the molecule is CCn1cc(CC(NC)c2sccc2Cl)cn1. The molecule has 2 aromatic rings. The smallest absolute Gasteiger partial charge is 0.0561 e. The van der Waals surface area contributed by atoms with Gasteiger partial charge in [-0.2, -0.15) is 5.10 Å². The fourth-order valence-electron chi connectivity index (χ4n) is 1.80. The molecule has 0 saturated carbocycles. The molecule has 0 amide bonds. The first-order chi connectivity index (χ1) is 8.24. The zero-order chi connectivity index (χ0) is 12.3. The van der Waals surface area contributed by atoms with Crippen molar-refractivity contribution in [2.45, 2.75) is 25.9 Å². The molecule has 0 saturated heterocycles. The standard InChI is InChI=1S/C12H16ClN3S/c1-3-16-8-9(7-15-16)6-11(14-2)12-10(13)4-5-17-12/h4-5,7-8,11,14H,3,6H2,1-2H3. The Bertz CT molecular complexity index is 478. The largest absolute Gasteiger partial charge is 0.312 e. The summed E-state index contributed by atoms with van der Waals surface area (Å²) in [6.07, 6.45) is 4.93. The van der Waals surface area contributed by atoms with E-state index in [0.29, 0.717) is 0 Å². The van der Waals surface area contributed by atoms with E-state index in [0.717, 1.165) is 18.0 Å². The third-order valence-corrected chi connectivity index (χ3v) is 4.23. The van der Waals surface area contributed by atoms with Crippen molar-refractivity contribution >= 4 is 22.9 Å². The lowest BCUT2D eigenvalue weighted by molar-refractivity contribution is 0.600. The molecule has 0 aliphatic carbocycles. The maximum Gasteiger partial charge on any atom is 0.0561 e. The highest BCUT2D eigenvalue weighted by atomic mass is 35.5. The summed E-state index contributed by atoms with van der Waals surface area (Å²) in [5, 5.41) is 10.5. The van der Waals surface area contributed by atoms with Crippen LogP contribution in [0.1, 0.15) is 23.4 Å². The average Bonchev–Trinajstić information content (AvgIpc) is 2.95. The molecule has 1 atom stereocenters. The lowest BCUT2D eigenvalue weighted by Crippen LogP contribution is -2.17. The Morgan fingerprint density at radius 1 is 1.59 bits per heavy atom. The van der Waals surface area contributed by atoms with Crippen LogP contribution in [0.3, 0.4) is 0 Å².